The van der Waals surface area contributed by atoms with E-state index in [1.807, 2.05) is 24.3 Å². The molecule has 0 saturated carbocycles. The lowest BCUT2D eigenvalue weighted by Crippen LogP contribution is -2.13. The highest BCUT2D eigenvalue weighted by molar-refractivity contribution is 5.43. The van der Waals surface area contributed by atoms with Gasteiger partial charge in [-0.3, -0.25) is 4.98 Å². The van der Waals surface area contributed by atoms with Crippen molar-refractivity contribution in [1.82, 2.24) is 10.3 Å². The van der Waals surface area contributed by atoms with E-state index in [0.717, 1.165) is 36.6 Å². The summed E-state index contributed by atoms with van der Waals surface area (Å²) in [5.74, 6) is 1.52. The smallest absolute Gasteiger partial charge is 0.161 e. The van der Waals surface area contributed by atoms with Crippen molar-refractivity contribution in [2.24, 2.45) is 0 Å². The lowest BCUT2D eigenvalue weighted by molar-refractivity contribution is 0.284. The van der Waals surface area contributed by atoms with Gasteiger partial charge in [-0.25, -0.2) is 0 Å². The number of aromatic nitrogens is 1. The molecule has 2 aromatic rings. The Bertz CT molecular complexity index is 544. The molecule has 0 fully saturated rings. The Labute approximate surface area is 126 Å². The number of nitrogens with zero attached hydrogens (tertiary/aromatic N) is 1. The van der Waals surface area contributed by atoms with Gasteiger partial charge in [-0.1, -0.05) is 13.0 Å². The van der Waals surface area contributed by atoms with E-state index in [4.69, 9.17) is 9.47 Å². The van der Waals surface area contributed by atoms with Crippen molar-refractivity contribution < 1.29 is 9.47 Å². The number of hydrogen-bond acceptors (Lipinski definition) is 4. The van der Waals surface area contributed by atoms with Crippen LogP contribution >= 0.6 is 0 Å². The molecule has 0 bridgehead atoms. The lowest BCUT2D eigenvalue weighted by Gasteiger charge is -2.12. The Hall–Kier alpha value is -2.07. The van der Waals surface area contributed by atoms with Crippen molar-refractivity contribution in [2.45, 2.75) is 26.5 Å². The van der Waals surface area contributed by atoms with E-state index in [0.29, 0.717) is 6.61 Å². The highest BCUT2D eigenvalue weighted by Crippen LogP contribution is 2.28. The topological polar surface area (TPSA) is 43.4 Å². The summed E-state index contributed by atoms with van der Waals surface area (Å²) in [5, 5.41) is 3.38. The molecule has 1 N–H and O–H groups in total. The molecule has 2 rings (SSSR count). The summed E-state index contributed by atoms with van der Waals surface area (Å²) in [6.45, 7) is 4.52. The first-order valence-electron chi connectivity index (χ1n) is 7.22. The summed E-state index contributed by atoms with van der Waals surface area (Å²) in [6.07, 6.45) is 4.65. The molecule has 0 aliphatic carbocycles. The highest BCUT2D eigenvalue weighted by Gasteiger charge is 2.06. The van der Waals surface area contributed by atoms with Gasteiger partial charge in [-0.2, -0.15) is 0 Å². The van der Waals surface area contributed by atoms with Crippen molar-refractivity contribution in [1.29, 1.82) is 0 Å². The van der Waals surface area contributed by atoms with Crippen LogP contribution in [-0.4, -0.2) is 18.6 Å². The van der Waals surface area contributed by atoms with E-state index >= 15 is 0 Å². The number of pyridine rings is 1. The second-order valence-corrected chi connectivity index (χ2v) is 4.81. The van der Waals surface area contributed by atoms with Gasteiger partial charge >= 0.3 is 0 Å². The third kappa shape index (κ3) is 4.76. The zero-order valence-electron chi connectivity index (χ0n) is 12.6. The third-order valence-corrected chi connectivity index (χ3v) is 3.13. The molecule has 112 valence electrons. The molecule has 0 atom stereocenters. The summed E-state index contributed by atoms with van der Waals surface area (Å²) in [4.78, 5) is 3.99. The van der Waals surface area contributed by atoms with Gasteiger partial charge in [0.15, 0.2) is 11.5 Å². The standard InChI is InChI=1S/C17H22N2O2/c1-3-8-19-12-15-4-5-16(17(11-15)20-2)21-13-14-6-9-18-10-7-14/h4-7,9-11,19H,3,8,12-13H2,1-2H3. The fraction of sp³-hybridized carbons (Fsp3) is 0.353. The van der Waals surface area contributed by atoms with Crippen molar-refractivity contribution >= 4 is 0 Å². The van der Waals surface area contributed by atoms with Crippen LogP contribution in [0.2, 0.25) is 0 Å². The molecule has 21 heavy (non-hydrogen) atoms. The first-order valence-corrected chi connectivity index (χ1v) is 7.22. The van der Waals surface area contributed by atoms with Gasteiger partial charge < -0.3 is 14.8 Å². The molecule has 4 heteroatoms. The van der Waals surface area contributed by atoms with Gasteiger partial charge in [0.2, 0.25) is 0 Å². The second kappa shape index (κ2) is 8.27. The number of hydrogen-bond donors (Lipinski definition) is 1. The molecule has 0 aliphatic heterocycles. The number of nitrogens with one attached hydrogen (secondary N) is 1. The van der Waals surface area contributed by atoms with Crippen LogP contribution in [0.25, 0.3) is 0 Å². The van der Waals surface area contributed by atoms with Gasteiger partial charge in [0.05, 0.1) is 7.11 Å². The zero-order valence-corrected chi connectivity index (χ0v) is 12.6. The molecular formula is C17H22N2O2. The maximum Gasteiger partial charge on any atom is 0.161 e. The summed E-state index contributed by atoms with van der Waals surface area (Å²) in [5.41, 5.74) is 2.28. The molecule has 0 aliphatic rings. The Balaban J connectivity index is 1.99. The first-order chi connectivity index (χ1) is 10.3. The van der Waals surface area contributed by atoms with Crippen molar-refractivity contribution in [2.75, 3.05) is 13.7 Å². The fourth-order valence-electron chi connectivity index (χ4n) is 1.99. The van der Waals surface area contributed by atoms with Crippen molar-refractivity contribution in [3.05, 3.63) is 53.9 Å². The van der Waals surface area contributed by atoms with E-state index in [2.05, 4.69) is 23.3 Å². The average Bonchev–Trinajstić information content (AvgIpc) is 2.54. The summed E-state index contributed by atoms with van der Waals surface area (Å²) in [7, 11) is 1.66. The van der Waals surface area contributed by atoms with Crippen LogP contribution in [0, 0.1) is 0 Å². The molecule has 0 unspecified atom stereocenters. The Morgan fingerprint density at radius 2 is 1.86 bits per heavy atom. The number of ether oxygens (including phenoxy) is 2. The SMILES string of the molecule is CCCNCc1ccc(OCc2ccncc2)c(OC)c1. The van der Waals surface area contributed by atoms with Crippen LogP contribution in [0.5, 0.6) is 11.5 Å². The minimum Gasteiger partial charge on any atom is -0.493 e. The lowest BCUT2D eigenvalue weighted by atomic mass is 10.2. The summed E-state index contributed by atoms with van der Waals surface area (Å²) < 4.78 is 11.2. The van der Waals surface area contributed by atoms with Crippen molar-refractivity contribution in [3.63, 3.8) is 0 Å². The molecule has 0 saturated heterocycles. The van der Waals surface area contributed by atoms with Gasteiger partial charge in [-0.05, 0) is 48.4 Å². The van der Waals surface area contributed by atoms with E-state index < -0.39 is 0 Å². The number of rotatable bonds is 8. The minimum absolute atomic E-state index is 0.506. The van der Waals surface area contributed by atoms with Gasteiger partial charge in [0, 0.05) is 18.9 Å². The summed E-state index contributed by atoms with van der Waals surface area (Å²) in [6, 6.07) is 9.92. The first kappa shape index (κ1) is 15.3. The number of benzene rings is 1. The third-order valence-electron chi connectivity index (χ3n) is 3.13. The monoisotopic (exact) mass is 286 g/mol. The maximum absolute atomic E-state index is 5.82. The van der Waals surface area contributed by atoms with Crippen LogP contribution in [0.15, 0.2) is 42.7 Å². The van der Waals surface area contributed by atoms with Crippen molar-refractivity contribution in [3.8, 4) is 11.5 Å². The second-order valence-electron chi connectivity index (χ2n) is 4.81. The molecule has 1 aromatic heterocycles. The van der Waals surface area contributed by atoms with E-state index in [-0.39, 0.29) is 0 Å². The quantitative estimate of drug-likeness (QED) is 0.757. The predicted octanol–water partition coefficient (Wildman–Crippen LogP) is 3.17. The van der Waals surface area contributed by atoms with Crippen LogP contribution in [0.4, 0.5) is 0 Å². The number of methoxy groups -OCH3 is 1. The highest BCUT2D eigenvalue weighted by atomic mass is 16.5. The zero-order chi connectivity index (χ0) is 14.9. The normalized spacial score (nSPS) is 10.4. The Kier molecular flexibility index (Phi) is 6.03. The Morgan fingerprint density at radius 3 is 2.57 bits per heavy atom. The molecule has 0 spiro atoms. The van der Waals surface area contributed by atoms with E-state index in [1.165, 1.54) is 5.56 Å². The molecule has 1 aromatic carbocycles. The van der Waals surface area contributed by atoms with Crippen LogP contribution in [0.1, 0.15) is 24.5 Å². The van der Waals surface area contributed by atoms with E-state index in [1.54, 1.807) is 19.5 Å². The largest absolute Gasteiger partial charge is 0.493 e. The molecule has 0 amide bonds. The molecule has 4 nitrogen and oxygen atoms in total. The average molecular weight is 286 g/mol. The van der Waals surface area contributed by atoms with Crippen LogP contribution in [-0.2, 0) is 13.2 Å². The van der Waals surface area contributed by atoms with Crippen LogP contribution < -0.4 is 14.8 Å². The Morgan fingerprint density at radius 1 is 1.05 bits per heavy atom. The van der Waals surface area contributed by atoms with Gasteiger partial charge in [-0.15, -0.1) is 0 Å². The predicted molar refractivity (Wildman–Crippen MR) is 83.6 cm³/mol. The van der Waals surface area contributed by atoms with E-state index in [9.17, 15) is 0 Å². The molecule has 1 heterocycles. The maximum atomic E-state index is 5.82. The minimum atomic E-state index is 0.506. The molecular weight excluding hydrogens is 264 g/mol. The molecule has 0 radical (unpaired) electrons. The van der Waals surface area contributed by atoms with Gasteiger partial charge in [0.1, 0.15) is 6.61 Å². The fourth-order valence-corrected chi connectivity index (χ4v) is 1.99. The van der Waals surface area contributed by atoms with Gasteiger partial charge in [0.25, 0.3) is 0 Å². The summed E-state index contributed by atoms with van der Waals surface area (Å²) >= 11 is 0. The van der Waals surface area contributed by atoms with Crippen LogP contribution in [0.3, 0.4) is 0 Å².